The van der Waals surface area contributed by atoms with E-state index in [0.29, 0.717) is 17.9 Å². The molecule has 0 amide bonds. The summed E-state index contributed by atoms with van der Waals surface area (Å²) < 4.78 is 27.5. The quantitative estimate of drug-likeness (QED) is 0.667. The molecule has 0 atom stereocenters. The number of nitrogens with one attached hydrogen (secondary N) is 2. The van der Waals surface area contributed by atoms with Gasteiger partial charge >= 0.3 is 10.2 Å². The number of hydrogen-bond donors (Lipinski definition) is 2. The van der Waals surface area contributed by atoms with Crippen LogP contribution in [0.3, 0.4) is 0 Å². The molecule has 0 radical (unpaired) electrons. The summed E-state index contributed by atoms with van der Waals surface area (Å²) in [7, 11) is -0.306. The zero-order valence-electron chi connectivity index (χ0n) is 11.6. The molecule has 2 N–H and O–H groups in total. The predicted octanol–water partition coefficient (Wildman–Crippen LogP) is -0.314. The molecule has 0 saturated carbocycles. The Morgan fingerprint density at radius 2 is 1.89 bits per heavy atom. The molecule has 0 saturated heterocycles. The molecule has 9 heteroatoms. The van der Waals surface area contributed by atoms with E-state index >= 15 is 0 Å². The Hall–Kier alpha value is -1.32. The Morgan fingerprint density at radius 1 is 1.21 bits per heavy atom. The molecule has 19 heavy (non-hydrogen) atoms. The van der Waals surface area contributed by atoms with E-state index in [1.165, 1.54) is 11.4 Å². The molecule has 1 rings (SSSR count). The van der Waals surface area contributed by atoms with E-state index in [4.69, 9.17) is 0 Å². The average molecular weight is 288 g/mol. The van der Waals surface area contributed by atoms with Crippen molar-refractivity contribution in [2.24, 2.45) is 0 Å². The van der Waals surface area contributed by atoms with E-state index in [9.17, 15) is 8.42 Å². The van der Waals surface area contributed by atoms with Crippen molar-refractivity contribution in [2.45, 2.75) is 20.3 Å². The van der Waals surface area contributed by atoms with Gasteiger partial charge in [-0.1, -0.05) is 0 Å². The average Bonchev–Trinajstić information content (AvgIpc) is 2.33. The second kappa shape index (κ2) is 6.73. The number of nitrogens with zero attached hydrogens (tertiary/aromatic N) is 4. The lowest BCUT2D eigenvalue weighted by Crippen LogP contribution is -2.35. The molecule has 8 nitrogen and oxygen atoms in total. The van der Waals surface area contributed by atoms with E-state index in [-0.39, 0.29) is 5.95 Å². The molecule has 0 fully saturated rings. The Morgan fingerprint density at radius 3 is 2.47 bits per heavy atom. The first kappa shape index (κ1) is 15.7. The third-order valence-corrected chi connectivity index (χ3v) is 4.07. The zero-order valence-corrected chi connectivity index (χ0v) is 12.5. The van der Waals surface area contributed by atoms with Crippen molar-refractivity contribution in [1.29, 1.82) is 0 Å². The molecule has 0 spiro atoms. The summed E-state index contributed by atoms with van der Waals surface area (Å²) in [6, 6.07) is 0. The first-order valence-electron chi connectivity index (χ1n) is 5.93. The minimum Gasteiger partial charge on any atom is -0.320 e. The van der Waals surface area contributed by atoms with Gasteiger partial charge in [0.1, 0.15) is 0 Å². The maximum atomic E-state index is 12.0. The van der Waals surface area contributed by atoms with Crippen molar-refractivity contribution in [2.75, 3.05) is 31.9 Å². The van der Waals surface area contributed by atoms with Gasteiger partial charge in [-0.05, 0) is 33.9 Å². The minimum absolute atomic E-state index is 0.0106. The van der Waals surface area contributed by atoms with Gasteiger partial charge < -0.3 is 5.32 Å². The zero-order chi connectivity index (χ0) is 14.5. The summed E-state index contributed by atoms with van der Waals surface area (Å²) in [5, 5.41) is 10.5. The molecule has 0 aromatic carbocycles. The van der Waals surface area contributed by atoms with Crippen LogP contribution in [0.25, 0.3) is 0 Å². The van der Waals surface area contributed by atoms with Gasteiger partial charge in [-0.15, -0.1) is 5.10 Å². The van der Waals surface area contributed by atoms with Crippen LogP contribution in [0.2, 0.25) is 0 Å². The summed E-state index contributed by atoms with van der Waals surface area (Å²) >= 11 is 0. The van der Waals surface area contributed by atoms with Gasteiger partial charge in [0.25, 0.3) is 5.95 Å². The molecule has 0 aliphatic rings. The van der Waals surface area contributed by atoms with Crippen LogP contribution in [-0.4, -0.2) is 55.1 Å². The molecule has 0 aliphatic carbocycles. The van der Waals surface area contributed by atoms with E-state index in [2.05, 4.69) is 25.2 Å². The predicted molar refractivity (Wildman–Crippen MR) is 73.0 cm³/mol. The van der Waals surface area contributed by atoms with E-state index in [1.54, 1.807) is 13.8 Å². The van der Waals surface area contributed by atoms with E-state index in [0.717, 1.165) is 13.0 Å². The molecule has 0 bridgehead atoms. The molecule has 1 aromatic rings. The Labute approximate surface area is 113 Å². The first-order chi connectivity index (χ1) is 8.86. The third-order valence-electron chi connectivity index (χ3n) is 2.62. The summed E-state index contributed by atoms with van der Waals surface area (Å²) in [6.45, 7) is 4.67. The van der Waals surface area contributed by atoms with Crippen molar-refractivity contribution in [3.8, 4) is 0 Å². The molecule has 1 aromatic heterocycles. The van der Waals surface area contributed by atoms with Crippen LogP contribution in [0.1, 0.15) is 17.8 Å². The normalized spacial score (nSPS) is 11.8. The maximum Gasteiger partial charge on any atom is 0.303 e. The van der Waals surface area contributed by atoms with Crippen LogP contribution in [-0.2, 0) is 10.2 Å². The van der Waals surface area contributed by atoms with Gasteiger partial charge in [0.2, 0.25) is 0 Å². The standard InChI is InChI=1S/C10H20N6O2S/c1-8-9(2)13-14-10(12-8)15-19(17,18)16(4)7-5-6-11-3/h11H,5-7H2,1-4H3,(H,12,14,15). The Balaban J connectivity index is 2.70. The number of rotatable bonds is 7. The largest absolute Gasteiger partial charge is 0.320 e. The molecule has 108 valence electrons. The molecule has 1 heterocycles. The molecule has 0 unspecified atom stereocenters. The van der Waals surface area contributed by atoms with Crippen molar-refractivity contribution in [3.63, 3.8) is 0 Å². The van der Waals surface area contributed by atoms with Gasteiger partial charge in [-0.25, -0.2) is 9.71 Å². The lowest BCUT2D eigenvalue weighted by molar-refractivity contribution is 0.462. The van der Waals surface area contributed by atoms with E-state index in [1.807, 2.05) is 7.05 Å². The van der Waals surface area contributed by atoms with Crippen molar-refractivity contribution >= 4 is 16.2 Å². The van der Waals surface area contributed by atoms with Gasteiger partial charge in [-0.3, -0.25) is 0 Å². The smallest absolute Gasteiger partial charge is 0.303 e. The van der Waals surface area contributed by atoms with E-state index < -0.39 is 10.2 Å². The fraction of sp³-hybridized carbons (Fsp3) is 0.700. The lowest BCUT2D eigenvalue weighted by Gasteiger charge is -2.17. The summed E-state index contributed by atoms with van der Waals surface area (Å²) in [5.74, 6) is -0.0106. The number of anilines is 1. The number of aromatic nitrogens is 3. The highest BCUT2D eigenvalue weighted by molar-refractivity contribution is 7.90. The lowest BCUT2D eigenvalue weighted by atomic mass is 10.4. The summed E-state index contributed by atoms with van der Waals surface area (Å²) in [5.41, 5.74) is 1.32. The SMILES string of the molecule is CNCCCN(C)S(=O)(=O)Nc1nnc(C)c(C)n1. The van der Waals surface area contributed by atoms with Gasteiger partial charge in [0, 0.05) is 13.6 Å². The van der Waals surface area contributed by atoms with Crippen LogP contribution in [0, 0.1) is 13.8 Å². The van der Waals surface area contributed by atoms with Gasteiger partial charge in [0.15, 0.2) is 0 Å². The van der Waals surface area contributed by atoms with Crippen LogP contribution < -0.4 is 10.0 Å². The fourth-order valence-electron chi connectivity index (χ4n) is 1.29. The van der Waals surface area contributed by atoms with Crippen molar-refractivity contribution < 1.29 is 8.42 Å². The van der Waals surface area contributed by atoms with Crippen LogP contribution in [0.5, 0.6) is 0 Å². The fourth-order valence-corrected chi connectivity index (χ4v) is 2.13. The number of aryl methyl sites for hydroxylation is 2. The van der Waals surface area contributed by atoms with Crippen molar-refractivity contribution in [3.05, 3.63) is 11.4 Å². The second-order valence-corrected chi connectivity index (χ2v) is 5.97. The van der Waals surface area contributed by atoms with Crippen LogP contribution >= 0.6 is 0 Å². The minimum atomic E-state index is -3.63. The Bertz CT molecular complexity index is 519. The Kier molecular flexibility index (Phi) is 5.58. The second-order valence-electron chi connectivity index (χ2n) is 4.19. The topological polar surface area (TPSA) is 100 Å². The van der Waals surface area contributed by atoms with Crippen LogP contribution in [0.15, 0.2) is 0 Å². The van der Waals surface area contributed by atoms with Crippen molar-refractivity contribution in [1.82, 2.24) is 24.8 Å². The number of hydrogen-bond acceptors (Lipinski definition) is 6. The molecular weight excluding hydrogens is 268 g/mol. The van der Waals surface area contributed by atoms with Crippen LogP contribution in [0.4, 0.5) is 5.95 Å². The summed E-state index contributed by atoms with van der Waals surface area (Å²) in [6.07, 6.45) is 0.722. The highest BCUT2D eigenvalue weighted by atomic mass is 32.2. The highest BCUT2D eigenvalue weighted by Gasteiger charge is 2.18. The maximum absolute atomic E-state index is 12.0. The first-order valence-corrected chi connectivity index (χ1v) is 7.37. The summed E-state index contributed by atoms with van der Waals surface area (Å²) in [4.78, 5) is 4.03. The van der Waals surface area contributed by atoms with Gasteiger partial charge in [-0.2, -0.15) is 17.8 Å². The highest BCUT2D eigenvalue weighted by Crippen LogP contribution is 2.06. The molecular formula is C10H20N6O2S. The third kappa shape index (κ3) is 4.69. The monoisotopic (exact) mass is 288 g/mol. The molecule has 0 aliphatic heterocycles. The van der Waals surface area contributed by atoms with Gasteiger partial charge in [0.05, 0.1) is 11.4 Å².